The van der Waals surface area contributed by atoms with Crippen molar-refractivity contribution in [3.05, 3.63) is 25.0 Å². The van der Waals surface area contributed by atoms with Crippen LogP contribution in [0.3, 0.4) is 0 Å². The minimum Gasteiger partial charge on any atom is -0.498 e. The van der Waals surface area contributed by atoms with Gasteiger partial charge in [0.15, 0.2) is 5.82 Å². The fourth-order valence-corrected chi connectivity index (χ4v) is 1.47. The largest absolute Gasteiger partial charge is 0.498 e. The molecule has 0 fully saturated rings. The highest BCUT2D eigenvalue weighted by Gasteiger charge is 2.11. The predicted molar refractivity (Wildman–Crippen MR) is 58.0 cm³/mol. The molecule has 0 bridgehead atoms. The quantitative estimate of drug-likeness (QED) is 0.480. The first-order valence-corrected chi connectivity index (χ1v) is 4.95. The summed E-state index contributed by atoms with van der Waals surface area (Å²) >= 11 is 0. The fraction of sp³-hybridized carbons (Fsp3) is 0.556. The molecule has 0 N–H and O–H groups in total. The lowest BCUT2D eigenvalue weighted by atomic mass is 9.62. The van der Waals surface area contributed by atoms with Crippen molar-refractivity contribution < 1.29 is 4.48 Å². The van der Waals surface area contributed by atoms with E-state index >= 15 is 0 Å². The molecule has 69 valence electrons. The Bertz CT molecular complexity index is 271. The third-order valence-corrected chi connectivity index (χ3v) is 2.38. The normalized spacial score (nSPS) is 11.1. The second kappa shape index (κ2) is 4.45. The fourth-order valence-electron chi connectivity index (χ4n) is 1.47. The summed E-state index contributed by atoms with van der Waals surface area (Å²) in [5.74, 6) is 1.25. The van der Waals surface area contributed by atoms with Gasteiger partial charge in [0.2, 0.25) is 0 Å². The summed E-state index contributed by atoms with van der Waals surface area (Å²) in [6.07, 6.45) is 6.32. The molecule has 0 aliphatic carbocycles. The Hall–Kier alpha value is -0.790. The van der Waals surface area contributed by atoms with Crippen LogP contribution in [0.25, 0.3) is 0 Å². The molecular formula is C9H17B2N2. The van der Waals surface area contributed by atoms with Crippen LogP contribution >= 0.6 is 0 Å². The Balaban J connectivity index is 2.85. The van der Waals surface area contributed by atoms with Crippen LogP contribution in [0.5, 0.6) is 0 Å². The van der Waals surface area contributed by atoms with Gasteiger partial charge in [0, 0.05) is 6.92 Å². The van der Waals surface area contributed by atoms with E-state index in [1.54, 1.807) is 0 Å². The zero-order valence-electron chi connectivity index (χ0n) is 8.83. The van der Waals surface area contributed by atoms with Crippen molar-refractivity contribution >= 4 is 14.3 Å². The lowest BCUT2D eigenvalue weighted by Crippen LogP contribution is -2.42. The number of imidazole rings is 1. The summed E-state index contributed by atoms with van der Waals surface area (Å²) in [4.78, 5) is 0. The molecule has 1 rings (SSSR count). The molecule has 3 radical (unpaired) electrons. The van der Waals surface area contributed by atoms with Gasteiger partial charge in [-0.2, -0.15) is 6.32 Å². The Morgan fingerprint density at radius 3 is 2.85 bits per heavy atom. The molecule has 1 aromatic heterocycles. The molecule has 4 heteroatoms. The molecule has 0 aliphatic heterocycles. The highest BCUT2D eigenvalue weighted by molar-refractivity contribution is 6.58. The molecule has 0 aromatic carbocycles. The van der Waals surface area contributed by atoms with Gasteiger partial charge in [0.05, 0.1) is 12.4 Å². The van der Waals surface area contributed by atoms with E-state index in [1.165, 1.54) is 5.82 Å². The summed E-state index contributed by atoms with van der Waals surface area (Å²) in [5, 5.41) is 0. The molecule has 0 spiro atoms. The van der Waals surface area contributed by atoms with Crippen molar-refractivity contribution in [2.75, 3.05) is 0 Å². The van der Waals surface area contributed by atoms with Gasteiger partial charge in [0.1, 0.15) is 0 Å². The van der Waals surface area contributed by atoms with Crippen molar-refractivity contribution in [1.82, 2.24) is 4.48 Å². The van der Waals surface area contributed by atoms with Gasteiger partial charge in [-0.3, -0.25) is 0 Å². The molecule has 0 aliphatic rings. The lowest BCUT2D eigenvalue weighted by molar-refractivity contribution is -0.536. The van der Waals surface area contributed by atoms with Crippen LogP contribution in [-0.2, 0) is 0 Å². The van der Waals surface area contributed by atoms with Crippen molar-refractivity contribution in [2.45, 2.75) is 33.4 Å². The number of hydrogen-bond acceptors (Lipinski definition) is 0. The molecule has 13 heavy (non-hydrogen) atoms. The maximum Gasteiger partial charge on any atom is 0.335 e. The first kappa shape index (κ1) is 10.3. The smallest absolute Gasteiger partial charge is 0.335 e. The van der Waals surface area contributed by atoms with E-state index in [4.69, 9.17) is 0 Å². The van der Waals surface area contributed by atoms with E-state index in [0.29, 0.717) is 6.85 Å². The third kappa shape index (κ3) is 2.11. The molecule has 1 aromatic rings. The highest BCUT2D eigenvalue weighted by Crippen LogP contribution is 1.98. The average molecular weight is 175 g/mol. The molecule has 0 atom stereocenters. The summed E-state index contributed by atoms with van der Waals surface area (Å²) in [6.45, 7) is 10.9. The van der Waals surface area contributed by atoms with Gasteiger partial charge >= 0.3 is 6.85 Å². The number of rotatable bonds is 4. The van der Waals surface area contributed by atoms with Gasteiger partial charge in [0.25, 0.3) is 0 Å². The van der Waals surface area contributed by atoms with Gasteiger partial charge in [-0.25, -0.2) is 0 Å². The summed E-state index contributed by atoms with van der Waals surface area (Å²) < 4.78 is 4.38. The van der Waals surface area contributed by atoms with Crippen LogP contribution in [0.4, 0.5) is 0 Å². The van der Waals surface area contributed by atoms with Crippen molar-refractivity contribution in [2.24, 2.45) is 0 Å². The van der Waals surface area contributed by atoms with E-state index < -0.39 is 0 Å². The number of nitrogens with zero attached hydrogens (tertiary/aromatic N) is 2. The van der Waals surface area contributed by atoms with Crippen LogP contribution in [0.1, 0.15) is 19.7 Å². The van der Waals surface area contributed by atoms with Crippen molar-refractivity contribution in [3.8, 4) is 0 Å². The molecule has 0 unspecified atom stereocenters. The standard InChI is InChI=1S/C9H17B2N2/c1-5-10-12-7-8-13(9(12)3)11(4)6-2/h7-8H,4-6H2,1-3H3. The summed E-state index contributed by atoms with van der Waals surface area (Å²) in [6, 6.07) is 0. The van der Waals surface area contributed by atoms with Gasteiger partial charge in [-0.15, -0.1) is 13.1 Å². The van der Waals surface area contributed by atoms with Crippen molar-refractivity contribution in [3.63, 3.8) is 0 Å². The topological polar surface area (TPSA) is 8.81 Å². The maximum atomic E-state index is 4.10. The second-order valence-electron chi connectivity index (χ2n) is 3.31. The minimum atomic E-state index is 0.353. The Kier molecular flexibility index (Phi) is 3.52. The lowest BCUT2D eigenvalue weighted by Gasteiger charge is -2.14. The third-order valence-electron chi connectivity index (χ3n) is 2.38. The number of hydrogen-bond donors (Lipinski definition) is 0. The van der Waals surface area contributed by atoms with Crippen LogP contribution in [-0.4, -0.2) is 18.7 Å². The van der Waals surface area contributed by atoms with E-state index in [2.05, 4.69) is 56.4 Å². The average Bonchev–Trinajstić information content (AvgIpc) is 2.48. The molecule has 0 saturated heterocycles. The van der Waals surface area contributed by atoms with E-state index in [0.717, 1.165) is 12.6 Å². The predicted octanol–water partition coefficient (Wildman–Crippen LogP) is 1.22. The molecule has 1 heterocycles. The monoisotopic (exact) mass is 175 g/mol. The highest BCUT2D eigenvalue weighted by atomic mass is 15.1. The van der Waals surface area contributed by atoms with E-state index in [9.17, 15) is 0 Å². The summed E-state index contributed by atoms with van der Waals surface area (Å²) in [7, 11) is 2.17. The van der Waals surface area contributed by atoms with E-state index in [1.807, 2.05) is 0 Å². The Morgan fingerprint density at radius 1 is 1.62 bits per heavy atom. The Morgan fingerprint density at radius 2 is 2.31 bits per heavy atom. The van der Waals surface area contributed by atoms with E-state index in [-0.39, 0.29) is 0 Å². The van der Waals surface area contributed by atoms with Crippen LogP contribution in [0.15, 0.2) is 12.4 Å². The second-order valence-corrected chi connectivity index (χ2v) is 3.31. The maximum absolute atomic E-state index is 4.10. The first-order chi connectivity index (χ1) is 6.20. The van der Waals surface area contributed by atoms with Gasteiger partial charge in [-0.1, -0.05) is 21.3 Å². The van der Waals surface area contributed by atoms with Crippen LogP contribution in [0.2, 0.25) is 12.6 Å². The molecular weight excluding hydrogens is 158 g/mol. The number of aromatic nitrogens is 2. The summed E-state index contributed by atoms with van der Waals surface area (Å²) in [5.41, 5.74) is 0. The van der Waals surface area contributed by atoms with Gasteiger partial charge in [-0.05, 0) is 0 Å². The zero-order valence-corrected chi connectivity index (χ0v) is 8.83. The van der Waals surface area contributed by atoms with Crippen molar-refractivity contribution in [1.29, 1.82) is 0 Å². The SMILES string of the molecule is [CH2+][B-](CC)n1cc[n+]([B-]CC)c1C. The molecule has 2 nitrogen and oxygen atoms in total. The van der Waals surface area contributed by atoms with Crippen LogP contribution < -0.4 is 4.48 Å². The minimum absolute atomic E-state index is 0.353. The zero-order chi connectivity index (χ0) is 9.84. The molecule has 0 saturated carbocycles. The Labute approximate surface area is 82.3 Å². The molecule has 0 amide bonds. The van der Waals surface area contributed by atoms with Gasteiger partial charge < -0.3 is 8.96 Å². The van der Waals surface area contributed by atoms with Crippen LogP contribution in [0, 0.1) is 13.7 Å². The first-order valence-electron chi connectivity index (χ1n) is 4.95.